The molecule has 4 rings (SSSR count). The zero-order valence-electron chi connectivity index (χ0n) is 14.8. The van der Waals surface area contributed by atoms with Crippen LogP contribution >= 0.6 is 0 Å². The summed E-state index contributed by atoms with van der Waals surface area (Å²) in [4.78, 5) is 25.1. The molecule has 0 saturated carbocycles. The molecule has 0 bridgehead atoms. The first-order chi connectivity index (χ1) is 12.6. The van der Waals surface area contributed by atoms with Crippen molar-refractivity contribution in [3.8, 4) is 0 Å². The molecule has 0 radical (unpaired) electrons. The highest BCUT2D eigenvalue weighted by Crippen LogP contribution is 2.27. The van der Waals surface area contributed by atoms with Crippen molar-refractivity contribution in [3.63, 3.8) is 0 Å². The first-order valence-corrected chi connectivity index (χ1v) is 9.16. The van der Waals surface area contributed by atoms with Gasteiger partial charge in [-0.2, -0.15) is 5.10 Å². The number of hydrogen-bond acceptors (Lipinski definition) is 5. The van der Waals surface area contributed by atoms with E-state index in [1.165, 1.54) is 0 Å². The largest absolute Gasteiger partial charge is 0.427 e. The summed E-state index contributed by atoms with van der Waals surface area (Å²) in [6, 6.07) is 1.84. The molecule has 3 heterocycles. The SMILES string of the molecule is Cc1cc(C2CCOCC2)oc(=O)c1C(=O)NC1CCc2[nH]ncc2C1. The maximum Gasteiger partial charge on any atom is 0.349 e. The zero-order chi connectivity index (χ0) is 18.1. The Morgan fingerprint density at radius 1 is 1.31 bits per heavy atom. The summed E-state index contributed by atoms with van der Waals surface area (Å²) in [7, 11) is 0. The van der Waals surface area contributed by atoms with Crippen molar-refractivity contribution < 1.29 is 13.9 Å². The molecule has 1 saturated heterocycles. The Bertz CT molecular complexity index is 864. The third-order valence-corrected chi connectivity index (χ3v) is 5.37. The van der Waals surface area contributed by atoms with Crippen LogP contribution in [0.2, 0.25) is 0 Å². The Hall–Kier alpha value is -2.41. The number of aromatic nitrogens is 2. The number of nitrogens with one attached hydrogen (secondary N) is 2. The fourth-order valence-corrected chi connectivity index (χ4v) is 3.89. The lowest BCUT2D eigenvalue weighted by Gasteiger charge is -2.23. The van der Waals surface area contributed by atoms with Crippen LogP contribution in [-0.2, 0) is 17.6 Å². The lowest BCUT2D eigenvalue weighted by molar-refractivity contribution is 0.0795. The summed E-state index contributed by atoms with van der Waals surface area (Å²) in [6.07, 6.45) is 5.87. The van der Waals surface area contributed by atoms with Crippen LogP contribution in [0.3, 0.4) is 0 Å². The van der Waals surface area contributed by atoms with Crippen LogP contribution < -0.4 is 10.9 Å². The second-order valence-electron chi connectivity index (χ2n) is 7.17. The number of carbonyl (C=O) groups excluding carboxylic acids is 1. The van der Waals surface area contributed by atoms with Gasteiger partial charge < -0.3 is 14.5 Å². The van der Waals surface area contributed by atoms with Gasteiger partial charge in [0.05, 0.1) is 6.20 Å². The molecule has 2 aliphatic rings. The molecule has 0 spiro atoms. The summed E-state index contributed by atoms with van der Waals surface area (Å²) >= 11 is 0. The molecule has 1 amide bonds. The van der Waals surface area contributed by atoms with Crippen molar-refractivity contribution in [2.45, 2.75) is 51.0 Å². The number of H-pyrrole nitrogens is 1. The Balaban J connectivity index is 1.50. The van der Waals surface area contributed by atoms with E-state index in [2.05, 4.69) is 15.5 Å². The van der Waals surface area contributed by atoms with Crippen LogP contribution in [0.4, 0.5) is 0 Å². The lowest BCUT2D eigenvalue weighted by atomic mass is 9.93. The van der Waals surface area contributed by atoms with Crippen LogP contribution in [0.1, 0.15) is 58.1 Å². The van der Waals surface area contributed by atoms with Crippen LogP contribution in [0, 0.1) is 6.92 Å². The molecule has 7 nitrogen and oxygen atoms in total. The van der Waals surface area contributed by atoms with E-state index in [1.54, 1.807) is 13.1 Å². The highest BCUT2D eigenvalue weighted by molar-refractivity contribution is 5.95. The Labute approximate surface area is 151 Å². The molecule has 1 unspecified atom stereocenters. The van der Waals surface area contributed by atoms with Gasteiger partial charge in [-0.05, 0) is 56.2 Å². The third-order valence-electron chi connectivity index (χ3n) is 5.37. The molecule has 1 aliphatic heterocycles. The normalized spacial score (nSPS) is 20.6. The summed E-state index contributed by atoms with van der Waals surface area (Å²) in [5, 5.41) is 10.0. The number of aromatic amines is 1. The molecule has 2 N–H and O–H groups in total. The monoisotopic (exact) mass is 357 g/mol. The third kappa shape index (κ3) is 3.31. The average molecular weight is 357 g/mol. The highest BCUT2D eigenvalue weighted by Gasteiger charge is 2.26. The van der Waals surface area contributed by atoms with Gasteiger partial charge in [0.1, 0.15) is 11.3 Å². The second kappa shape index (κ2) is 7.07. The summed E-state index contributed by atoms with van der Waals surface area (Å²) in [6.45, 7) is 3.14. The van der Waals surface area contributed by atoms with Crippen molar-refractivity contribution in [2.24, 2.45) is 0 Å². The standard InChI is InChI=1S/C19H23N3O4/c1-11-8-16(12-4-6-25-7-5-12)26-19(24)17(11)18(23)21-14-2-3-15-13(9-14)10-20-22-15/h8,10,12,14H,2-7,9H2,1H3,(H,20,22)(H,21,23). The van der Waals surface area contributed by atoms with Gasteiger partial charge in [-0.3, -0.25) is 9.89 Å². The quantitative estimate of drug-likeness (QED) is 0.874. The number of ether oxygens (including phenoxy) is 1. The molecular weight excluding hydrogens is 334 g/mol. The van der Waals surface area contributed by atoms with Crippen LogP contribution in [0.25, 0.3) is 0 Å². The average Bonchev–Trinajstić information content (AvgIpc) is 3.09. The Morgan fingerprint density at radius 3 is 2.88 bits per heavy atom. The number of hydrogen-bond donors (Lipinski definition) is 2. The minimum absolute atomic E-state index is 0.00145. The predicted molar refractivity (Wildman–Crippen MR) is 94.4 cm³/mol. The van der Waals surface area contributed by atoms with Crippen molar-refractivity contribution in [1.82, 2.24) is 15.5 Å². The summed E-state index contributed by atoms with van der Waals surface area (Å²) in [5.41, 5.74) is 2.48. The van der Waals surface area contributed by atoms with Crippen molar-refractivity contribution in [1.29, 1.82) is 0 Å². The number of rotatable bonds is 3. The minimum atomic E-state index is -0.552. The fourth-order valence-electron chi connectivity index (χ4n) is 3.89. The number of amides is 1. The van der Waals surface area contributed by atoms with Gasteiger partial charge in [-0.15, -0.1) is 0 Å². The van der Waals surface area contributed by atoms with E-state index < -0.39 is 5.63 Å². The molecular formula is C19H23N3O4. The van der Waals surface area contributed by atoms with Gasteiger partial charge in [0, 0.05) is 30.9 Å². The van der Waals surface area contributed by atoms with Gasteiger partial charge in [-0.1, -0.05) is 0 Å². The maximum atomic E-state index is 12.7. The van der Waals surface area contributed by atoms with Gasteiger partial charge in [0.2, 0.25) is 0 Å². The zero-order valence-corrected chi connectivity index (χ0v) is 14.8. The molecule has 2 aromatic heterocycles. The molecule has 1 fully saturated rings. The topological polar surface area (TPSA) is 97.2 Å². The predicted octanol–water partition coefficient (Wildman–Crippen LogP) is 1.85. The second-order valence-corrected chi connectivity index (χ2v) is 7.17. The molecule has 26 heavy (non-hydrogen) atoms. The Morgan fingerprint density at radius 2 is 2.12 bits per heavy atom. The fraction of sp³-hybridized carbons (Fsp3) is 0.526. The molecule has 7 heteroatoms. The van der Waals surface area contributed by atoms with E-state index in [4.69, 9.17) is 9.15 Å². The first kappa shape index (κ1) is 17.0. The number of nitrogens with zero attached hydrogens (tertiary/aromatic N) is 1. The van der Waals surface area contributed by atoms with Crippen molar-refractivity contribution in [2.75, 3.05) is 13.2 Å². The molecule has 138 valence electrons. The van der Waals surface area contributed by atoms with Gasteiger partial charge in [0.25, 0.3) is 5.91 Å². The lowest BCUT2D eigenvalue weighted by Crippen LogP contribution is -2.40. The molecule has 1 atom stereocenters. The van der Waals surface area contributed by atoms with Gasteiger partial charge in [-0.25, -0.2) is 4.79 Å². The van der Waals surface area contributed by atoms with E-state index in [1.807, 2.05) is 6.07 Å². The van der Waals surface area contributed by atoms with Gasteiger partial charge >= 0.3 is 5.63 Å². The molecule has 1 aliphatic carbocycles. The summed E-state index contributed by atoms with van der Waals surface area (Å²) < 4.78 is 10.9. The van der Waals surface area contributed by atoms with E-state index in [0.29, 0.717) is 24.5 Å². The van der Waals surface area contributed by atoms with Crippen LogP contribution in [-0.4, -0.2) is 35.4 Å². The van der Waals surface area contributed by atoms with E-state index in [0.717, 1.165) is 43.4 Å². The van der Waals surface area contributed by atoms with Gasteiger partial charge in [0.15, 0.2) is 0 Å². The van der Waals surface area contributed by atoms with Crippen LogP contribution in [0.15, 0.2) is 21.5 Å². The number of fused-ring (bicyclic) bond motifs is 1. The van der Waals surface area contributed by atoms with Crippen LogP contribution in [0.5, 0.6) is 0 Å². The Kier molecular flexibility index (Phi) is 4.63. The van der Waals surface area contributed by atoms with E-state index >= 15 is 0 Å². The first-order valence-electron chi connectivity index (χ1n) is 9.16. The van der Waals surface area contributed by atoms with Crippen molar-refractivity contribution in [3.05, 3.63) is 50.8 Å². The van der Waals surface area contributed by atoms with E-state index in [9.17, 15) is 9.59 Å². The maximum absolute atomic E-state index is 12.7. The summed E-state index contributed by atoms with van der Waals surface area (Å²) in [5.74, 6) is 0.491. The smallest absolute Gasteiger partial charge is 0.349 e. The highest BCUT2D eigenvalue weighted by atomic mass is 16.5. The van der Waals surface area contributed by atoms with E-state index in [-0.39, 0.29) is 23.4 Å². The minimum Gasteiger partial charge on any atom is -0.427 e. The number of aryl methyl sites for hydroxylation is 2. The molecule has 2 aromatic rings. The molecule has 0 aromatic carbocycles. The van der Waals surface area contributed by atoms with Crippen molar-refractivity contribution >= 4 is 5.91 Å². The number of carbonyl (C=O) groups is 1.